The molecule has 1 aromatic heterocycles. The highest BCUT2D eigenvalue weighted by Crippen LogP contribution is 2.28. The molecule has 4 rings (SSSR count). The molecule has 0 bridgehead atoms. The summed E-state index contributed by atoms with van der Waals surface area (Å²) in [6.07, 6.45) is 0. The first-order chi connectivity index (χ1) is 13.1. The van der Waals surface area contributed by atoms with Crippen LogP contribution in [0.15, 0.2) is 78.9 Å². The number of benzene rings is 3. The van der Waals surface area contributed by atoms with E-state index in [4.69, 9.17) is 0 Å². The first-order valence-electron chi connectivity index (χ1n) is 8.72. The van der Waals surface area contributed by atoms with Crippen LogP contribution in [0.1, 0.15) is 16.1 Å². The molecule has 0 aliphatic carbocycles. The molecule has 4 nitrogen and oxygen atoms in total. The number of aryl methyl sites for hydroxylation is 1. The van der Waals surface area contributed by atoms with Gasteiger partial charge in [-0.3, -0.25) is 9.59 Å². The number of anilines is 1. The molecule has 0 unspecified atom stereocenters. The van der Waals surface area contributed by atoms with Gasteiger partial charge in [-0.25, -0.2) is 0 Å². The monoisotopic (exact) mass is 354 g/mol. The van der Waals surface area contributed by atoms with Crippen LogP contribution in [-0.4, -0.2) is 16.7 Å². The van der Waals surface area contributed by atoms with Crippen LogP contribution in [-0.2, 0) is 4.79 Å². The Morgan fingerprint density at radius 2 is 1.48 bits per heavy atom. The number of carbonyl (C=O) groups excluding carboxylic acids is 2. The fourth-order valence-corrected chi connectivity index (χ4v) is 3.32. The molecular formula is C23H18N2O2. The van der Waals surface area contributed by atoms with Gasteiger partial charge in [-0.15, -0.1) is 0 Å². The van der Waals surface area contributed by atoms with Crippen LogP contribution in [0.25, 0.3) is 22.0 Å². The summed E-state index contributed by atoms with van der Waals surface area (Å²) < 4.78 is 0. The van der Waals surface area contributed by atoms with Gasteiger partial charge in [-0.2, -0.15) is 0 Å². The Kier molecular flexibility index (Phi) is 4.30. The first kappa shape index (κ1) is 16.8. The number of rotatable bonds is 4. The smallest absolute Gasteiger partial charge is 0.296 e. The third-order valence-corrected chi connectivity index (χ3v) is 4.59. The first-order valence-corrected chi connectivity index (χ1v) is 8.72. The van der Waals surface area contributed by atoms with E-state index in [0.717, 1.165) is 22.0 Å². The summed E-state index contributed by atoms with van der Waals surface area (Å²) in [5.74, 6) is -1.20. The lowest BCUT2D eigenvalue weighted by atomic mass is 10.0. The van der Waals surface area contributed by atoms with Gasteiger partial charge in [0, 0.05) is 27.8 Å². The Balaban J connectivity index is 1.67. The van der Waals surface area contributed by atoms with Crippen molar-refractivity contribution >= 4 is 28.3 Å². The van der Waals surface area contributed by atoms with Crippen molar-refractivity contribution < 1.29 is 9.59 Å². The number of fused-ring (bicyclic) bond motifs is 1. The summed E-state index contributed by atoms with van der Waals surface area (Å²) >= 11 is 0. The van der Waals surface area contributed by atoms with E-state index in [1.165, 1.54) is 0 Å². The van der Waals surface area contributed by atoms with Crippen molar-refractivity contribution in [3.63, 3.8) is 0 Å². The Hall–Kier alpha value is -3.66. The number of carbonyl (C=O) groups is 2. The van der Waals surface area contributed by atoms with Crippen LogP contribution in [0.2, 0.25) is 0 Å². The molecule has 4 heteroatoms. The molecule has 4 aromatic rings. The zero-order chi connectivity index (χ0) is 18.8. The number of ketones is 1. The molecule has 0 saturated carbocycles. The third-order valence-electron chi connectivity index (χ3n) is 4.59. The van der Waals surface area contributed by atoms with E-state index in [9.17, 15) is 9.59 Å². The average Bonchev–Trinajstić information content (AvgIpc) is 3.04. The minimum absolute atomic E-state index is 0.417. The van der Waals surface area contributed by atoms with Gasteiger partial charge in [-0.05, 0) is 24.6 Å². The van der Waals surface area contributed by atoms with Gasteiger partial charge in [0.1, 0.15) is 0 Å². The van der Waals surface area contributed by atoms with Crippen LogP contribution in [0.3, 0.4) is 0 Å². The molecule has 0 saturated heterocycles. The number of H-pyrrole nitrogens is 1. The lowest BCUT2D eigenvalue weighted by Crippen LogP contribution is -2.23. The number of nitrogens with one attached hydrogen (secondary N) is 2. The predicted octanol–water partition coefficient (Wildman–Crippen LogP) is 4.96. The largest absolute Gasteiger partial charge is 0.358 e. The van der Waals surface area contributed by atoms with Gasteiger partial charge in [0.15, 0.2) is 0 Å². The third kappa shape index (κ3) is 3.13. The van der Waals surface area contributed by atoms with Crippen molar-refractivity contribution in [3.05, 3.63) is 90.1 Å². The van der Waals surface area contributed by atoms with E-state index >= 15 is 0 Å². The zero-order valence-corrected chi connectivity index (χ0v) is 14.8. The summed E-state index contributed by atoms with van der Waals surface area (Å²) in [4.78, 5) is 28.7. The average molecular weight is 354 g/mol. The minimum Gasteiger partial charge on any atom is -0.358 e. The molecule has 1 amide bonds. The topological polar surface area (TPSA) is 62.0 Å². The summed E-state index contributed by atoms with van der Waals surface area (Å²) in [5, 5.41) is 3.54. The quantitative estimate of drug-likeness (QED) is 0.402. The second-order valence-electron chi connectivity index (χ2n) is 6.37. The summed E-state index contributed by atoms with van der Waals surface area (Å²) in [7, 11) is 0. The number of aromatic nitrogens is 1. The predicted molar refractivity (Wildman–Crippen MR) is 108 cm³/mol. The molecule has 0 fully saturated rings. The normalized spacial score (nSPS) is 10.7. The van der Waals surface area contributed by atoms with Crippen molar-refractivity contribution in [2.45, 2.75) is 6.92 Å². The van der Waals surface area contributed by atoms with Gasteiger partial charge < -0.3 is 10.3 Å². The van der Waals surface area contributed by atoms with E-state index in [2.05, 4.69) is 10.3 Å². The molecule has 27 heavy (non-hydrogen) atoms. The maximum absolute atomic E-state index is 12.9. The minimum atomic E-state index is -0.647. The van der Waals surface area contributed by atoms with E-state index < -0.39 is 11.7 Å². The summed E-state index contributed by atoms with van der Waals surface area (Å²) in [6, 6.07) is 24.7. The van der Waals surface area contributed by atoms with Gasteiger partial charge in [0.25, 0.3) is 11.7 Å². The lowest BCUT2D eigenvalue weighted by Gasteiger charge is -2.11. The zero-order valence-electron chi connectivity index (χ0n) is 14.8. The molecule has 0 atom stereocenters. The summed E-state index contributed by atoms with van der Waals surface area (Å²) in [6.45, 7) is 1.80. The van der Waals surface area contributed by atoms with Crippen LogP contribution >= 0.6 is 0 Å². The molecule has 1 heterocycles. The second kappa shape index (κ2) is 6.92. The fourth-order valence-electron chi connectivity index (χ4n) is 3.32. The fraction of sp³-hybridized carbons (Fsp3) is 0.0435. The number of aromatic amines is 1. The number of hydrogen-bond donors (Lipinski definition) is 2. The van der Waals surface area contributed by atoms with Gasteiger partial charge in [-0.1, -0.05) is 66.7 Å². The number of amides is 1. The SMILES string of the molecule is Cc1[nH]c2ccccc2c1C(=O)C(=O)Nc1ccccc1-c1ccccc1. The van der Waals surface area contributed by atoms with E-state index in [0.29, 0.717) is 16.9 Å². The van der Waals surface area contributed by atoms with Gasteiger partial charge >= 0.3 is 0 Å². The molecule has 132 valence electrons. The molecule has 0 radical (unpaired) electrons. The molecule has 0 aliphatic rings. The van der Waals surface area contributed by atoms with Gasteiger partial charge in [0.05, 0.1) is 5.56 Å². The van der Waals surface area contributed by atoms with E-state index in [1.807, 2.05) is 72.8 Å². The molecule has 0 spiro atoms. The van der Waals surface area contributed by atoms with Crippen LogP contribution in [0.5, 0.6) is 0 Å². The van der Waals surface area contributed by atoms with Crippen molar-refractivity contribution in [2.24, 2.45) is 0 Å². The standard InChI is InChI=1S/C23H18N2O2/c1-15-21(18-12-6-8-14-20(18)24-15)22(26)23(27)25-19-13-7-5-11-17(19)16-9-3-2-4-10-16/h2-14,24H,1H3,(H,25,27). The van der Waals surface area contributed by atoms with Gasteiger partial charge in [0.2, 0.25) is 0 Å². The van der Waals surface area contributed by atoms with Crippen LogP contribution in [0, 0.1) is 6.92 Å². The lowest BCUT2D eigenvalue weighted by molar-refractivity contribution is -0.112. The maximum Gasteiger partial charge on any atom is 0.296 e. The Morgan fingerprint density at radius 3 is 2.30 bits per heavy atom. The number of Topliss-reactive ketones (excluding diaryl/α,β-unsaturated/α-hetero) is 1. The summed E-state index contributed by atoms with van der Waals surface area (Å²) in [5.41, 5.74) is 4.40. The number of para-hydroxylation sites is 2. The van der Waals surface area contributed by atoms with Crippen molar-refractivity contribution in [1.82, 2.24) is 4.98 Å². The van der Waals surface area contributed by atoms with Crippen molar-refractivity contribution in [1.29, 1.82) is 0 Å². The second-order valence-corrected chi connectivity index (χ2v) is 6.37. The molecule has 0 aliphatic heterocycles. The Bertz CT molecular complexity index is 1140. The maximum atomic E-state index is 12.9. The molecule has 3 aromatic carbocycles. The number of hydrogen-bond acceptors (Lipinski definition) is 2. The van der Waals surface area contributed by atoms with Crippen molar-refractivity contribution in [2.75, 3.05) is 5.32 Å². The van der Waals surface area contributed by atoms with E-state index in [1.54, 1.807) is 13.0 Å². The Morgan fingerprint density at radius 1 is 0.815 bits per heavy atom. The highest BCUT2D eigenvalue weighted by molar-refractivity contribution is 6.48. The molecule has 2 N–H and O–H groups in total. The highest BCUT2D eigenvalue weighted by atomic mass is 16.2. The van der Waals surface area contributed by atoms with Crippen molar-refractivity contribution in [3.8, 4) is 11.1 Å². The molecular weight excluding hydrogens is 336 g/mol. The van der Waals surface area contributed by atoms with Crippen LogP contribution in [0.4, 0.5) is 5.69 Å². The Labute approximate surface area is 156 Å². The van der Waals surface area contributed by atoms with E-state index in [-0.39, 0.29) is 0 Å². The van der Waals surface area contributed by atoms with Crippen LogP contribution < -0.4 is 5.32 Å². The highest BCUT2D eigenvalue weighted by Gasteiger charge is 2.23.